The Morgan fingerprint density at radius 1 is 1.12 bits per heavy atom. The lowest BCUT2D eigenvalue weighted by atomic mass is 9.81. The molecule has 7 heteroatoms. The molecule has 7 nitrogen and oxygen atoms in total. The van der Waals surface area contributed by atoms with Gasteiger partial charge in [-0.05, 0) is 41.5 Å². The van der Waals surface area contributed by atoms with Crippen molar-refractivity contribution in [1.29, 1.82) is 0 Å². The average molecular weight is 451 g/mol. The lowest BCUT2D eigenvalue weighted by Crippen LogP contribution is -2.48. The van der Waals surface area contributed by atoms with Crippen LogP contribution in [0.3, 0.4) is 0 Å². The fourth-order valence-electron chi connectivity index (χ4n) is 4.94. The van der Waals surface area contributed by atoms with Crippen molar-refractivity contribution in [2.24, 2.45) is 11.3 Å². The predicted molar refractivity (Wildman–Crippen MR) is 124 cm³/mol. The Labute approximate surface area is 193 Å². The van der Waals surface area contributed by atoms with E-state index in [1.54, 1.807) is 6.92 Å². The molecule has 1 heterocycles. The standard InChI is InChI=1S/C26H30N2O5/c1-4-22(23(29)28-13-16(2)26(3,15-28)24(30)31)27-25(32)33-14-21-19-11-7-5-9-17(19)18-10-6-8-12-20(18)21/h5-12,16,21-22H,4,13-15H2,1-3H3,(H,27,32)(H,30,31)/t16-,22+,26-/m0/s1. The summed E-state index contributed by atoms with van der Waals surface area (Å²) in [6, 6.07) is 15.4. The van der Waals surface area contributed by atoms with Crippen LogP contribution in [0.2, 0.25) is 0 Å². The van der Waals surface area contributed by atoms with Crippen molar-refractivity contribution < 1.29 is 24.2 Å². The topological polar surface area (TPSA) is 95.9 Å². The third kappa shape index (κ3) is 4.08. The second-order valence-electron chi connectivity index (χ2n) is 9.27. The molecule has 4 rings (SSSR count). The third-order valence-electron chi connectivity index (χ3n) is 7.24. The van der Waals surface area contributed by atoms with Crippen molar-refractivity contribution in [2.45, 2.75) is 39.2 Å². The summed E-state index contributed by atoms with van der Waals surface area (Å²) in [6.45, 7) is 5.95. The van der Waals surface area contributed by atoms with Crippen molar-refractivity contribution in [1.82, 2.24) is 10.2 Å². The van der Waals surface area contributed by atoms with Gasteiger partial charge in [0.15, 0.2) is 0 Å². The van der Waals surface area contributed by atoms with Gasteiger partial charge in [-0.15, -0.1) is 0 Å². The van der Waals surface area contributed by atoms with Gasteiger partial charge in [-0.2, -0.15) is 0 Å². The molecule has 174 valence electrons. The highest BCUT2D eigenvalue weighted by Crippen LogP contribution is 2.44. The highest BCUT2D eigenvalue weighted by molar-refractivity contribution is 5.87. The second-order valence-corrected chi connectivity index (χ2v) is 9.27. The molecule has 2 aromatic carbocycles. The molecule has 0 spiro atoms. The van der Waals surface area contributed by atoms with Crippen molar-refractivity contribution in [2.75, 3.05) is 19.7 Å². The van der Waals surface area contributed by atoms with Crippen LogP contribution in [0.5, 0.6) is 0 Å². The Morgan fingerprint density at radius 3 is 2.21 bits per heavy atom. The third-order valence-corrected chi connectivity index (χ3v) is 7.24. The van der Waals surface area contributed by atoms with E-state index in [9.17, 15) is 19.5 Å². The minimum absolute atomic E-state index is 0.0605. The van der Waals surface area contributed by atoms with Crippen LogP contribution in [0, 0.1) is 11.3 Å². The largest absolute Gasteiger partial charge is 0.481 e. The van der Waals surface area contributed by atoms with Gasteiger partial charge in [0.1, 0.15) is 12.6 Å². The van der Waals surface area contributed by atoms with E-state index in [-0.39, 0.29) is 30.9 Å². The minimum atomic E-state index is -0.988. The Morgan fingerprint density at radius 2 is 1.70 bits per heavy atom. The molecule has 2 aromatic rings. The molecule has 0 unspecified atom stereocenters. The number of hydrogen-bond acceptors (Lipinski definition) is 4. The fourth-order valence-corrected chi connectivity index (χ4v) is 4.94. The maximum absolute atomic E-state index is 13.0. The number of aliphatic carboxylic acids is 1. The van der Waals surface area contributed by atoms with Gasteiger partial charge in [-0.25, -0.2) is 4.79 Å². The van der Waals surface area contributed by atoms with Crippen LogP contribution in [-0.2, 0) is 14.3 Å². The lowest BCUT2D eigenvalue weighted by Gasteiger charge is -2.25. The number of carboxylic acids is 1. The fraction of sp³-hybridized carbons (Fsp3) is 0.423. The number of hydrogen-bond donors (Lipinski definition) is 2. The second kappa shape index (κ2) is 8.89. The van der Waals surface area contributed by atoms with E-state index in [1.807, 2.05) is 50.2 Å². The van der Waals surface area contributed by atoms with Crippen LogP contribution in [0.25, 0.3) is 11.1 Å². The van der Waals surface area contributed by atoms with Crippen LogP contribution < -0.4 is 5.32 Å². The van der Waals surface area contributed by atoms with Gasteiger partial charge in [-0.3, -0.25) is 9.59 Å². The summed E-state index contributed by atoms with van der Waals surface area (Å²) in [6.07, 6.45) is -0.261. The van der Waals surface area contributed by atoms with E-state index in [0.29, 0.717) is 13.0 Å². The molecule has 1 saturated heterocycles. The monoisotopic (exact) mass is 450 g/mol. The van der Waals surface area contributed by atoms with Gasteiger partial charge >= 0.3 is 12.1 Å². The molecule has 0 saturated carbocycles. The molecule has 0 bridgehead atoms. The van der Waals surface area contributed by atoms with Crippen LogP contribution in [0.4, 0.5) is 4.79 Å². The number of likely N-dealkylation sites (tertiary alicyclic amines) is 1. The average Bonchev–Trinajstić information content (AvgIpc) is 3.30. The minimum Gasteiger partial charge on any atom is -0.481 e. The van der Waals surface area contributed by atoms with E-state index in [1.165, 1.54) is 4.90 Å². The Balaban J connectivity index is 1.40. The quantitative estimate of drug-likeness (QED) is 0.697. The molecule has 1 aliphatic heterocycles. The Hall–Kier alpha value is -3.35. The van der Waals surface area contributed by atoms with E-state index in [4.69, 9.17) is 4.74 Å². The van der Waals surface area contributed by atoms with E-state index in [0.717, 1.165) is 22.3 Å². The predicted octanol–water partition coefficient (Wildman–Crippen LogP) is 3.87. The number of ether oxygens (including phenoxy) is 1. The molecule has 2 amide bonds. The number of alkyl carbamates (subject to hydrolysis) is 1. The molecular formula is C26H30N2O5. The van der Waals surface area contributed by atoms with Crippen LogP contribution in [-0.4, -0.2) is 53.7 Å². The molecular weight excluding hydrogens is 420 g/mol. The van der Waals surface area contributed by atoms with E-state index in [2.05, 4.69) is 17.4 Å². The summed E-state index contributed by atoms with van der Waals surface area (Å²) < 4.78 is 5.57. The number of carboxylic acid groups (broad SMARTS) is 1. The van der Waals surface area contributed by atoms with Gasteiger partial charge < -0.3 is 20.1 Å². The number of rotatable bonds is 6. The van der Waals surface area contributed by atoms with Crippen molar-refractivity contribution in [3.05, 3.63) is 59.7 Å². The highest BCUT2D eigenvalue weighted by atomic mass is 16.5. The smallest absolute Gasteiger partial charge is 0.407 e. The first kappa shape index (κ1) is 22.8. The molecule has 3 atom stereocenters. The number of carbonyl (C=O) groups is 3. The van der Waals surface area contributed by atoms with Crippen molar-refractivity contribution in [3.63, 3.8) is 0 Å². The summed E-state index contributed by atoms with van der Waals surface area (Å²) in [7, 11) is 0. The molecule has 1 aliphatic carbocycles. The zero-order valence-electron chi connectivity index (χ0n) is 19.2. The Bertz CT molecular complexity index is 1040. The molecule has 1 fully saturated rings. The van der Waals surface area contributed by atoms with Gasteiger partial charge in [0.05, 0.1) is 5.41 Å². The van der Waals surface area contributed by atoms with Gasteiger partial charge in [0, 0.05) is 19.0 Å². The number of nitrogens with zero attached hydrogens (tertiary/aromatic N) is 1. The van der Waals surface area contributed by atoms with Gasteiger partial charge in [0.2, 0.25) is 5.91 Å². The maximum atomic E-state index is 13.0. The zero-order chi connectivity index (χ0) is 23.8. The van der Waals surface area contributed by atoms with Crippen LogP contribution in [0.1, 0.15) is 44.2 Å². The van der Waals surface area contributed by atoms with Crippen LogP contribution >= 0.6 is 0 Å². The summed E-state index contributed by atoms with van der Waals surface area (Å²) in [5.41, 5.74) is 3.54. The summed E-state index contributed by atoms with van der Waals surface area (Å²) in [5.74, 6) is -1.42. The van der Waals surface area contributed by atoms with E-state index < -0.39 is 23.5 Å². The van der Waals surface area contributed by atoms with Gasteiger partial charge in [0.25, 0.3) is 0 Å². The molecule has 33 heavy (non-hydrogen) atoms. The molecule has 2 N–H and O–H groups in total. The molecule has 0 radical (unpaired) electrons. The lowest BCUT2D eigenvalue weighted by molar-refractivity contribution is -0.149. The highest BCUT2D eigenvalue weighted by Gasteiger charge is 2.48. The van der Waals surface area contributed by atoms with Crippen LogP contribution in [0.15, 0.2) is 48.5 Å². The van der Waals surface area contributed by atoms with Crippen molar-refractivity contribution in [3.8, 4) is 11.1 Å². The number of benzene rings is 2. The maximum Gasteiger partial charge on any atom is 0.407 e. The first-order valence-electron chi connectivity index (χ1n) is 11.4. The number of carbonyl (C=O) groups excluding carboxylic acids is 2. The normalized spacial score (nSPS) is 22.4. The zero-order valence-corrected chi connectivity index (χ0v) is 19.2. The first-order chi connectivity index (χ1) is 15.8. The van der Waals surface area contributed by atoms with Crippen molar-refractivity contribution >= 4 is 18.0 Å². The first-order valence-corrected chi connectivity index (χ1v) is 11.4. The van der Waals surface area contributed by atoms with E-state index >= 15 is 0 Å². The molecule has 0 aromatic heterocycles. The number of nitrogens with one attached hydrogen (secondary N) is 1. The molecule has 2 aliphatic rings. The Kier molecular flexibility index (Phi) is 6.15. The summed E-state index contributed by atoms with van der Waals surface area (Å²) in [4.78, 5) is 38.8. The summed E-state index contributed by atoms with van der Waals surface area (Å²) >= 11 is 0. The van der Waals surface area contributed by atoms with Gasteiger partial charge in [-0.1, -0.05) is 62.4 Å². The SMILES string of the molecule is CC[C@@H](NC(=O)OCC1c2ccccc2-c2ccccc21)C(=O)N1C[C@H](C)[C@@](C)(C(=O)O)C1. The summed E-state index contributed by atoms with van der Waals surface area (Å²) in [5, 5.41) is 12.3. The number of amides is 2. The number of fused-ring (bicyclic) bond motifs is 3.